The molecule has 2 heteroatoms. The molecule has 1 fully saturated rings. The Morgan fingerprint density at radius 1 is 1.10 bits per heavy atom. The molecule has 2 nitrogen and oxygen atoms in total. The molecule has 0 spiro atoms. The van der Waals surface area contributed by atoms with Gasteiger partial charge in [0.25, 0.3) is 0 Å². The zero-order valence-corrected chi connectivity index (χ0v) is 14.0. The van der Waals surface area contributed by atoms with Gasteiger partial charge in [-0.05, 0) is 42.4 Å². The van der Waals surface area contributed by atoms with E-state index in [0.29, 0.717) is 0 Å². The first-order valence-corrected chi connectivity index (χ1v) is 8.52. The van der Waals surface area contributed by atoms with E-state index < -0.39 is 0 Å². The van der Waals surface area contributed by atoms with Gasteiger partial charge in [-0.2, -0.15) is 0 Å². The van der Waals surface area contributed by atoms with Crippen LogP contribution in [-0.2, 0) is 6.54 Å². The summed E-state index contributed by atoms with van der Waals surface area (Å²) in [6, 6.07) is 8.55. The van der Waals surface area contributed by atoms with Gasteiger partial charge in [-0.15, -0.1) is 0 Å². The Labute approximate surface area is 130 Å². The highest BCUT2D eigenvalue weighted by atomic mass is 16.5. The molecular formula is C19H31NO. The highest BCUT2D eigenvalue weighted by Crippen LogP contribution is 2.25. The van der Waals surface area contributed by atoms with Gasteiger partial charge in [0.15, 0.2) is 0 Å². The Balaban J connectivity index is 1.93. The average molecular weight is 289 g/mol. The van der Waals surface area contributed by atoms with Crippen molar-refractivity contribution in [3.05, 3.63) is 29.8 Å². The minimum atomic E-state index is 0.729. The van der Waals surface area contributed by atoms with Crippen molar-refractivity contribution in [1.29, 1.82) is 0 Å². The van der Waals surface area contributed by atoms with E-state index in [1.165, 1.54) is 50.8 Å². The van der Waals surface area contributed by atoms with Crippen LogP contribution in [0.1, 0.15) is 51.5 Å². The van der Waals surface area contributed by atoms with Crippen LogP contribution in [0.15, 0.2) is 24.3 Å². The summed E-state index contributed by atoms with van der Waals surface area (Å²) >= 11 is 0. The lowest BCUT2D eigenvalue weighted by molar-refractivity contribution is 0.177. The fourth-order valence-corrected chi connectivity index (χ4v) is 3.44. The molecule has 0 heterocycles. The maximum absolute atomic E-state index is 5.25. The van der Waals surface area contributed by atoms with Gasteiger partial charge >= 0.3 is 0 Å². The van der Waals surface area contributed by atoms with E-state index in [4.69, 9.17) is 4.74 Å². The maximum Gasteiger partial charge on any atom is 0.118 e. The molecule has 21 heavy (non-hydrogen) atoms. The summed E-state index contributed by atoms with van der Waals surface area (Å²) in [7, 11) is 1.73. The second-order valence-corrected chi connectivity index (χ2v) is 6.94. The molecule has 0 atom stereocenters. The van der Waals surface area contributed by atoms with Crippen molar-refractivity contribution < 1.29 is 4.74 Å². The summed E-state index contributed by atoms with van der Waals surface area (Å²) in [5.41, 5.74) is 1.40. The smallest absolute Gasteiger partial charge is 0.118 e. The summed E-state index contributed by atoms with van der Waals surface area (Å²) in [6.07, 6.45) is 7.17. The van der Waals surface area contributed by atoms with E-state index in [1.807, 2.05) is 0 Å². The van der Waals surface area contributed by atoms with Crippen LogP contribution in [0.2, 0.25) is 0 Å². The summed E-state index contributed by atoms with van der Waals surface area (Å²) in [5.74, 6) is 2.59. The highest BCUT2D eigenvalue weighted by Gasteiger charge is 2.18. The van der Waals surface area contributed by atoms with Gasteiger partial charge in [0.1, 0.15) is 5.75 Å². The number of ether oxygens (including phenoxy) is 1. The quantitative estimate of drug-likeness (QED) is 0.719. The van der Waals surface area contributed by atoms with Gasteiger partial charge < -0.3 is 4.74 Å². The fraction of sp³-hybridized carbons (Fsp3) is 0.684. The van der Waals surface area contributed by atoms with E-state index in [0.717, 1.165) is 24.1 Å². The van der Waals surface area contributed by atoms with Crippen LogP contribution < -0.4 is 4.74 Å². The SMILES string of the molecule is COc1ccc(CN(CC(C)C)CC2CCCCC2)cc1. The van der Waals surface area contributed by atoms with E-state index >= 15 is 0 Å². The zero-order valence-electron chi connectivity index (χ0n) is 14.0. The van der Waals surface area contributed by atoms with Crippen molar-refractivity contribution in [2.24, 2.45) is 11.8 Å². The van der Waals surface area contributed by atoms with Crippen molar-refractivity contribution in [3.63, 3.8) is 0 Å². The molecule has 0 saturated heterocycles. The van der Waals surface area contributed by atoms with E-state index in [9.17, 15) is 0 Å². The largest absolute Gasteiger partial charge is 0.497 e. The summed E-state index contributed by atoms with van der Waals surface area (Å²) in [5, 5.41) is 0. The van der Waals surface area contributed by atoms with Crippen LogP contribution in [0.5, 0.6) is 5.75 Å². The van der Waals surface area contributed by atoms with Gasteiger partial charge in [0, 0.05) is 19.6 Å². The van der Waals surface area contributed by atoms with Gasteiger partial charge in [-0.3, -0.25) is 4.90 Å². The predicted octanol–water partition coefficient (Wildman–Crippen LogP) is 4.73. The lowest BCUT2D eigenvalue weighted by Crippen LogP contribution is -2.33. The second kappa shape index (κ2) is 8.43. The highest BCUT2D eigenvalue weighted by molar-refractivity contribution is 5.27. The summed E-state index contributed by atoms with van der Waals surface area (Å²) in [4.78, 5) is 2.66. The molecule has 118 valence electrons. The topological polar surface area (TPSA) is 12.5 Å². The van der Waals surface area contributed by atoms with Gasteiger partial charge in [-0.1, -0.05) is 45.2 Å². The first-order valence-electron chi connectivity index (χ1n) is 8.52. The summed E-state index contributed by atoms with van der Waals surface area (Å²) in [6.45, 7) is 8.18. The number of nitrogens with zero attached hydrogens (tertiary/aromatic N) is 1. The molecule has 1 aliphatic rings. The molecule has 0 radical (unpaired) electrons. The molecule has 0 aliphatic heterocycles. The van der Waals surface area contributed by atoms with Crippen LogP contribution in [0.4, 0.5) is 0 Å². The molecular weight excluding hydrogens is 258 g/mol. The Kier molecular flexibility index (Phi) is 6.56. The van der Waals surface area contributed by atoms with Crippen LogP contribution in [-0.4, -0.2) is 25.1 Å². The molecule has 1 saturated carbocycles. The van der Waals surface area contributed by atoms with Gasteiger partial charge in [0.2, 0.25) is 0 Å². The minimum Gasteiger partial charge on any atom is -0.497 e. The molecule has 0 aromatic heterocycles. The van der Waals surface area contributed by atoms with Crippen molar-refractivity contribution in [2.75, 3.05) is 20.2 Å². The Morgan fingerprint density at radius 3 is 2.33 bits per heavy atom. The van der Waals surface area contributed by atoms with Crippen LogP contribution in [0, 0.1) is 11.8 Å². The van der Waals surface area contributed by atoms with Crippen LogP contribution in [0.25, 0.3) is 0 Å². The van der Waals surface area contributed by atoms with Crippen molar-refractivity contribution >= 4 is 0 Å². The second-order valence-electron chi connectivity index (χ2n) is 6.94. The molecule has 0 amide bonds. The molecule has 0 N–H and O–H groups in total. The Hall–Kier alpha value is -1.02. The molecule has 1 aromatic carbocycles. The third-order valence-electron chi connectivity index (χ3n) is 4.43. The Bertz CT molecular complexity index is 393. The predicted molar refractivity (Wildman–Crippen MR) is 89.7 cm³/mol. The maximum atomic E-state index is 5.25. The zero-order chi connectivity index (χ0) is 15.1. The van der Waals surface area contributed by atoms with Crippen molar-refractivity contribution in [2.45, 2.75) is 52.5 Å². The average Bonchev–Trinajstić information content (AvgIpc) is 2.48. The molecule has 2 rings (SSSR count). The number of rotatable bonds is 7. The summed E-state index contributed by atoms with van der Waals surface area (Å²) < 4.78 is 5.25. The first-order chi connectivity index (χ1) is 10.2. The third-order valence-corrected chi connectivity index (χ3v) is 4.43. The molecule has 1 aromatic rings. The van der Waals surface area contributed by atoms with Crippen molar-refractivity contribution in [1.82, 2.24) is 4.90 Å². The molecule has 0 bridgehead atoms. The molecule has 0 unspecified atom stereocenters. The monoisotopic (exact) mass is 289 g/mol. The first kappa shape index (κ1) is 16.4. The lowest BCUT2D eigenvalue weighted by Gasteiger charge is -2.31. The number of hydrogen-bond acceptors (Lipinski definition) is 2. The van der Waals surface area contributed by atoms with E-state index in [-0.39, 0.29) is 0 Å². The van der Waals surface area contributed by atoms with E-state index in [2.05, 4.69) is 43.0 Å². The molecule has 1 aliphatic carbocycles. The standard InChI is InChI=1S/C19H31NO/c1-16(2)13-20(14-17-7-5-4-6-8-17)15-18-9-11-19(21-3)12-10-18/h9-12,16-17H,4-8,13-15H2,1-3H3. The van der Waals surface area contributed by atoms with Gasteiger partial charge in [-0.25, -0.2) is 0 Å². The lowest BCUT2D eigenvalue weighted by atomic mass is 9.88. The number of hydrogen-bond donors (Lipinski definition) is 0. The minimum absolute atomic E-state index is 0.729. The number of methoxy groups -OCH3 is 1. The van der Waals surface area contributed by atoms with Crippen LogP contribution in [0.3, 0.4) is 0 Å². The third kappa shape index (κ3) is 5.70. The van der Waals surface area contributed by atoms with Crippen molar-refractivity contribution in [3.8, 4) is 5.75 Å². The normalized spacial score (nSPS) is 16.6. The Morgan fingerprint density at radius 2 is 1.76 bits per heavy atom. The fourth-order valence-electron chi connectivity index (χ4n) is 3.44. The van der Waals surface area contributed by atoms with Gasteiger partial charge in [0.05, 0.1) is 7.11 Å². The van der Waals surface area contributed by atoms with Crippen LogP contribution >= 0.6 is 0 Å². The van der Waals surface area contributed by atoms with E-state index in [1.54, 1.807) is 7.11 Å². The number of benzene rings is 1.